The number of carbonyl (C=O) groups excluding carboxylic acids is 1. The van der Waals surface area contributed by atoms with E-state index < -0.39 is 0 Å². The Kier molecular flexibility index (Phi) is 4.73. The van der Waals surface area contributed by atoms with Crippen LogP contribution in [-0.4, -0.2) is 82.7 Å². The van der Waals surface area contributed by atoms with Crippen LogP contribution in [0.25, 0.3) is 0 Å². The van der Waals surface area contributed by atoms with Crippen LogP contribution in [0.2, 0.25) is 0 Å². The minimum Gasteiger partial charge on any atom is -0.334 e. The highest BCUT2D eigenvalue weighted by molar-refractivity contribution is 5.93. The SMILES string of the molecule is CCn1nc(C(C)C)cc1C(=O)N1CCN2CCN(C)CC2C1. The number of hydrogen-bond acceptors (Lipinski definition) is 4. The summed E-state index contributed by atoms with van der Waals surface area (Å²) in [6, 6.07) is 2.45. The first-order valence-electron chi connectivity index (χ1n) is 8.79. The van der Waals surface area contributed by atoms with Gasteiger partial charge in [0, 0.05) is 51.9 Å². The molecule has 0 spiro atoms. The molecule has 6 heteroatoms. The minimum absolute atomic E-state index is 0.138. The maximum Gasteiger partial charge on any atom is 0.272 e. The summed E-state index contributed by atoms with van der Waals surface area (Å²) in [7, 11) is 2.17. The van der Waals surface area contributed by atoms with Crippen molar-refractivity contribution in [1.82, 2.24) is 24.5 Å². The number of nitrogens with zero attached hydrogens (tertiary/aromatic N) is 5. The first-order valence-corrected chi connectivity index (χ1v) is 8.79. The quantitative estimate of drug-likeness (QED) is 0.837. The van der Waals surface area contributed by atoms with Crippen molar-refractivity contribution in [2.45, 2.75) is 39.3 Å². The number of amides is 1. The van der Waals surface area contributed by atoms with Crippen LogP contribution < -0.4 is 0 Å². The van der Waals surface area contributed by atoms with E-state index in [2.05, 4.69) is 35.8 Å². The Balaban J connectivity index is 1.75. The number of hydrogen-bond donors (Lipinski definition) is 0. The van der Waals surface area contributed by atoms with Gasteiger partial charge in [-0.1, -0.05) is 13.8 Å². The van der Waals surface area contributed by atoms with Crippen LogP contribution in [0, 0.1) is 0 Å². The van der Waals surface area contributed by atoms with Crippen LogP contribution in [0.5, 0.6) is 0 Å². The Morgan fingerprint density at radius 2 is 2.00 bits per heavy atom. The van der Waals surface area contributed by atoms with Crippen molar-refractivity contribution in [2.75, 3.05) is 46.3 Å². The fourth-order valence-corrected chi connectivity index (χ4v) is 3.59. The molecule has 0 aromatic carbocycles. The van der Waals surface area contributed by atoms with Crippen LogP contribution in [0.15, 0.2) is 6.07 Å². The average molecular weight is 319 g/mol. The lowest BCUT2D eigenvalue weighted by molar-refractivity contribution is 0.0184. The number of likely N-dealkylation sites (N-methyl/N-ethyl adjacent to an activating group) is 1. The second kappa shape index (κ2) is 6.61. The number of piperazine rings is 2. The maximum absolute atomic E-state index is 13.0. The summed E-state index contributed by atoms with van der Waals surface area (Å²) in [6.45, 7) is 13.0. The maximum atomic E-state index is 13.0. The lowest BCUT2D eigenvalue weighted by atomic mass is 10.1. The van der Waals surface area contributed by atoms with Crippen LogP contribution in [0.4, 0.5) is 0 Å². The van der Waals surface area contributed by atoms with E-state index in [9.17, 15) is 4.79 Å². The smallest absolute Gasteiger partial charge is 0.272 e. The molecule has 1 aromatic heterocycles. The molecule has 23 heavy (non-hydrogen) atoms. The normalized spacial score (nSPS) is 23.3. The van der Waals surface area contributed by atoms with Gasteiger partial charge in [-0.3, -0.25) is 14.4 Å². The lowest BCUT2D eigenvalue weighted by Crippen LogP contribution is -2.62. The van der Waals surface area contributed by atoms with Gasteiger partial charge in [0.15, 0.2) is 0 Å². The highest BCUT2D eigenvalue weighted by Gasteiger charge is 2.34. The Hall–Kier alpha value is -1.40. The van der Waals surface area contributed by atoms with E-state index in [4.69, 9.17) is 0 Å². The molecule has 0 bridgehead atoms. The Morgan fingerprint density at radius 1 is 1.26 bits per heavy atom. The van der Waals surface area contributed by atoms with Gasteiger partial charge in [-0.25, -0.2) is 0 Å². The second-order valence-electron chi connectivity index (χ2n) is 7.13. The molecule has 0 N–H and O–H groups in total. The fraction of sp³-hybridized carbons (Fsp3) is 0.765. The zero-order chi connectivity index (χ0) is 16.6. The van der Waals surface area contributed by atoms with Crippen molar-refractivity contribution >= 4 is 5.91 Å². The van der Waals surface area contributed by atoms with E-state index >= 15 is 0 Å². The first kappa shape index (κ1) is 16.5. The predicted molar refractivity (Wildman–Crippen MR) is 90.8 cm³/mol. The first-order chi connectivity index (χ1) is 11.0. The molecular formula is C17H29N5O. The van der Waals surface area contributed by atoms with Crippen LogP contribution >= 0.6 is 0 Å². The van der Waals surface area contributed by atoms with Crippen molar-refractivity contribution in [2.24, 2.45) is 0 Å². The summed E-state index contributed by atoms with van der Waals surface area (Å²) >= 11 is 0. The summed E-state index contributed by atoms with van der Waals surface area (Å²) in [6.07, 6.45) is 0. The van der Waals surface area contributed by atoms with Gasteiger partial charge in [0.2, 0.25) is 0 Å². The summed E-state index contributed by atoms with van der Waals surface area (Å²) in [4.78, 5) is 19.9. The molecular weight excluding hydrogens is 290 g/mol. The summed E-state index contributed by atoms with van der Waals surface area (Å²) in [5.41, 5.74) is 1.75. The van der Waals surface area contributed by atoms with Crippen molar-refractivity contribution < 1.29 is 4.79 Å². The number of aryl methyl sites for hydroxylation is 1. The summed E-state index contributed by atoms with van der Waals surface area (Å²) in [5, 5.41) is 4.59. The zero-order valence-corrected chi connectivity index (χ0v) is 14.8. The topological polar surface area (TPSA) is 44.6 Å². The molecule has 0 saturated carbocycles. The fourth-order valence-electron chi connectivity index (χ4n) is 3.59. The van der Waals surface area contributed by atoms with Gasteiger partial charge in [0.05, 0.1) is 5.69 Å². The van der Waals surface area contributed by atoms with Crippen LogP contribution in [0.1, 0.15) is 42.9 Å². The molecule has 1 unspecified atom stereocenters. The van der Waals surface area contributed by atoms with E-state index in [1.54, 1.807) is 0 Å². The van der Waals surface area contributed by atoms with Crippen LogP contribution in [0.3, 0.4) is 0 Å². The molecule has 0 aliphatic carbocycles. The average Bonchev–Trinajstić information content (AvgIpc) is 2.98. The van der Waals surface area contributed by atoms with Gasteiger partial charge in [-0.2, -0.15) is 5.10 Å². The highest BCUT2D eigenvalue weighted by Crippen LogP contribution is 2.19. The van der Waals surface area contributed by atoms with Gasteiger partial charge >= 0.3 is 0 Å². The Morgan fingerprint density at radius 3 is 2.70 bits per heavy atom. The number of carbonyl (C=O) groups is 1. The highest BCUT2D eigenvalue weighted by atomic mass is 16.2. The molecule has 1 amide bonds. The molecule has 2 aliphatic heterocycles. The number of aromatic nitrogens is 2. The van der Waals surface area contributed by atoms with E-state index in [0.29, 0.717) is 12.0 Å². The zero-order valence-electron chi connectivity index (χ0n) is 14.8. The molecule has 1 aromatic rings. The molecule has 0 radical (unpaired) electrons. The van der Waals surface area contributed by atoms with Gasteiger partial charge < -0.3 is 9.80 Å². The van der Waals surface area contributed by atoms with Crippen LogP contribution in [-0.2, 0) is 6.54 Å². The second-order valence-corrected chi connectivity index (χ2v) is 7.13. The van der Waals surface area contributed by atoms with Gasteiger partial charge in [0.25, 0.3) is 5.91 Å². The molecule has 2 saturated heterocycles. The molecule has 128 valence electrons. The molecule has 3 heterocycles. The summed E-state index contributed by atoms with van der Waals surface area (Å²) < 4.78 is 1.86. The molecule has 1 atom stereocenters. The van der Waals surface area contributed by atoms with Gasteiger partial charge in [0.1, 0.15) is 5.69 Å². The third kappa shape index (κ3) is 3.28. The van der Waals surface area contributed by atoms with Gasteiger partial charge in [-0.15, -0.1) is 0 Å². The predicted octanol–water partition coefficient (Wildman–Crippen LogP) is 1.10. The Bertz CT molecular complexity index is 567. The third-order valence-corrected chi connectivity index (χ3v) is 5.09. The largest absolute Gasteiger partial charge is 0.334 e. The van der Waals surface area contributed by atoms with E-state index in [0.717, 1.165) is 57.2 Å². The van der Waals surface area contributed by atoms with Crippen molar-refractivity contribution in [3.8, 4) is 0 Å². The van der Waals surface area contributed by atoms with Crippen molar-refractivity contribution in [1.29, 1.82) is 0 Å². The van der Waals surface area contributed by atoms with Crippen molar-refractivity contribution in [3.63, 3.8) is 0 Å². The van der Waals surface area contributed by atoms with Gasteiger partial charge in [-0.05, 0) is 26.0 Å². The summed E-state index contributed by atoms with van der Waals surface area (Å²) in [5.74, 6) is 0.484. The van der Waals surface area contributed by atoms with E-state index in [-0.39, 0.29) is 5.91 Å². The Labute approximate surface area is 139 Å². The molecule has 6 nitrogen and oxygen atoms in total. The molecule has 3 rings (SSSR count). The number of fused-ring (bicyclic) bond motifs is 1. The standard InChI is InChI=1S/C17H29N5O/c1-5-22-16(10-15(18-22)13(2)3)17(23)21-9-8-20-7-6-19(4)11-14(20)12-21/h10,13-14H,5-9,11-12H2,1-4H3. The number of rotatable bonds is 3. The monoisotopic (exact) mass is 319 g/mol. The molecule has 2 fully saturated rings. The minimum atomic E-state index is 0.138. The lowest BCUT2D eigenvalue weighted by Gasteiger charge is -2.46. The van der Waals surface area contributed by atoms with E-state index in [1.807, 2.05) is 22.6 Å². The van der Waals surface area contributed by atoms with Crippen molar-refractivity contribution in [3.05, 3.63) is 17.5 Å². The molecule has 2 aliphatic rings. The van der Waals surface area contributed by atoms with E-state index in [1.165, 1.54) is 0 Å². The third-order valence-electron chi connectivity index (χ3n) is 5.09.